The molecule has 0 unspecified atom stereocenters. The van der Waals surface area contributed by atoms with Crippen molar-refractivity contribution in [2.45, 2.75) is 19.8 Å². The molecular formula is C20H16F2N4OS. The minimum Gasteiger partial charge on any atom is -0.338 e. The van der Waals surface area contributed by atoms with Gasteiger partial charge in [0.05, 0.1) is 33.7 Å². The first-order chi connectivity index (χ1) is 13.5. The first-order valence-electron chi connectivity index (χ1n) is 8.70. The monoisotopic (exact) mass is 398 g/mol. The van der Waals surface area contributed by atoms with E-state index in [0.717, 1.165) is 35.3 Å². The molecule has 0 fully saturated rings. The fourth-order valence-electron chi connectivity index (χ4n) is 2.86. The molecule has 5 nitrogen and oxygen atoms in total. The van der Waals surface area contributed by atoms with Crippen molar-refractivity contribution in [1.82, 2.24) is 15.0 Å². The van der Waals surface area contributed by atoms with Gasteiger partial charge in [-0.25, -0.2) is 18.7 Å². The van der Waals surface area contributed by atoms with Crippen LogP contribution in [0.3, 0.4) is 0 Å². The smallest absolute Gasteiger partial charge is 0.230 e. The Kier molecular flexibility index (Phi) is 4.87. The molecule has 0 bridgehead atoms. The number of anilines is 1. The number of aryl methyl sites for hydroxylation is 1. The van der Waals surface area contributed by atoms with E-state index in [0.29, 0.717) is 16.7 Å². The van der Waals surface area contributed by atoms with E-state index in [1.807, 2.05) is 12.3 Å². The van der Waals surface area contributed by atoms with Crippen molar-refractivity contribution < 1.29 is 13.6 Å². The van der Waals surface area contributed by atoms with Crippen molar-refractivity contribution in [2.24, 2.45) is 0 Å². The highest BCUT2D eigenvalue weighted by molar-refractivity contribution is 7.09. The maximum absolute atomic E-state index is 14.0. The van der Waals surface area contributed by atoms with Crippen LogP contribution < -0.4 is 5.32 Å². The largest absolute Gasteiger partial charge is 0.338 e. The standard InChI is InChI=1S/C20H16F2N4OS/c1-2-19-24-13(10-28-19)9-18(27)23-12-4-6-16-17(8-12)26-20(25-16)14-7-11(21)3-5-15(14)22/h3-8,10H,2,9H2,1H3,(H,23,27)(H,25,26). The van der Waals surface area contributed by atoms with Gasteiger partial charge in [0.1, 0.15) is 17.5 Å². The SMILES string of the molecule is CCc1nc(CC(=O)Nc2ccc3nc(-c4cc(F)ccc4F)[nH]c3c2)cs1. The molecule has 2 heterocycles. The van der Waals surface area contributed by atoms with Gasteiger partial charge in [-0.15, -0.1) is 11.3 Å². The number of imidazole rings is 1. The molecule has 4 rings (SSSR count). The number of nitrogens with one attached hydrogen (secondary N) is 2. The molecule has 0 saturated heterocycles. The highest BCUT2D eigenvalue weighted by Crippen LogP contribution is 2.25. The molecule has 8 heteroatoms. The fourth-order valence-corrected chi connectivity index (χ4v) is 3.60. The van der Waals surface area contributed by atoms with Crippen LogP contribution in [0.2, 0.25) is 0 Å². The highest BCUT2D eigenvalue weighted by Gasteiger charge is 2.13. The second-order valence-corrected chi connectivity index (χ2v) is 7.20. The summed E-state index contributed by atoms with van der Waals surface area (Å²) < 4.78 is 27.4. The zero-order valence-corrected chi connectivity index (χ0v) is 15.7. The number of carbonyl (C=O) groups excluding carboxylic acids is 1. The van der Waals surface area contributed by atoms with Crippen molar-refractivity contribution in [3.63, 3.8) is 0 Å². The maximum atomic E-state index is 14.0. The average molecular weight is 398 g/mol. The minimum atomic E-state index is -0.566. The van der Waals surface area contributed by atoms with Gasteiger partial charge in [0.15, 0.2) is 0 Å². The Bertz CT molecular complexity index is 1170. The lowest BCUT2D eigenvalue weighted by atomic mass is 10.2. The van der Waals surface area contributed by atoms with Gasteiger partial charge in [-0.3, -0.25) is 4.79 Å². The molecule has 2 N–H and O–H groups in total. The third kappa shape index (κ3) is 3.77. The summed E-state index contributed by atoms with van der Waals surface area (Å²) in [7, 11) is 0. The van der Waals surface area contributed by atoms with Crippen LogP contribution in [0.5, 0.6) is 0 Å². The molecule has 2 aromatic heterocycles. The summed E-state index contributed by atoms with van der Waals surface area (Å²) in [6.45, 7) is 2.02. The topological polar surface area (TPSA) is 70.7 Å². The van der Waals surface area contributed by atoms with E-state index in [-0.39, 0.29) is 23.7 Å². The lowest BCUT2D eigenvalue weighted by Crippen LogP contribution is -2.14. The van der Waals surface area contributed by atoms with Gasteiger partial charge in [-0.05, 0) is 42.8 Å². The van der Waals surface area contributed by atoms with Crippen molar-refractivity contribution in [3.05, 3.63) is 64.1 Å². The van der Waals surface area contributed by atoms with Crippen LogP contribution in [0, 0.1) is 11.6 Å². The number of aromatic nitrogens is 3. The summed E-state index contributed by atoms with van der Waals surface area (Å²) in [5.74, 6) is -1.06. The molecule has 0 saturated carbocycles. The Morgan fingerprint density at radius 3 is 2.82 bits per heavy atom. The molecule has 0 aliphatic rings. The van der Waals surface area contributed by atoms with Crippen molar-refractivity contribution in [3.8, 4) is 11.4 Å². The van der Waals surface area contributed by atoms with Gasteiger partial charge < -0.3 is 10.3 Å². The quantitative estimate of drug-likeness (QED) is 0.512. The normalized spacial score (nSPS) is 11.1. The number of hydrogen-bond acceptors (Lipinski definition) is 4. The van der Waals surface area contributed by atoms with Gasteiger partial charge in [0, 0.05) is 11.1 Å². The van der Waals surface area contributed by atoms with E-state index in [1.165, 1.54) is 0 Å². The molecule has 0 spiro atoms. The Labute approximate surface area is 163 Å². The number of amides is 1. The summed E-state index contributed by atoms with van der Waals surface area (Å²) in [6.07, 6.45) is 1.04. The molecule has 28 heavy (non-hydrogen) atoms. The summed E-state index contributed by atoms with van der Waals surface area (Å²) >= 11 is 1.54. The zero-order valence-electron chi connectivity index (χ0n) is 14.9. The Morgan fingerprint density at radius 1 is 1.18 bits per heavy atom. The van der Waals surface area contributed by atoms with Gasteiger partial charge in [-0.1, -0.05) is 6.92 Å². The number of H-pyrrole nitrogens is 1. The van der Waals surface area contributed by atoms with Crippen LogP contribution in [0.25, 0.3) is 22.4 Å². The van der Waals surface area contributed by atoms with E-state index in [4.69, 9.17) is 0 Å². The molecule has 0 atom stereocenters. The number of fused-ring (bicyclic) bond motifs is 1. The number of nitrogens with zero attached hydrogens (tertiary/aromatic N) is 2. The van der Waals surface area contributed by atoms with Crippen LogP contribution >= 0.6 is 11.3 Å². The van der Waals surface area contributed by atoms with E-state index >= 15 is 0 Å². The van der Waals surface area contributed by atoms with Crippen molar-refractivity contribution >= 4 is 34.0 Å². The number of benzene rings is 2. The predicted octanol–water partition coefficient (Wildman–Crippen LogP) is 4.71. The number of aromatic amines is 1. The second-order valence-electron chi connectivity index (χ2n) is 6.25. The summed E-state index contributed by atoms with van der Waals surface area (Å²) in [5, 5.41) is 5.71. The molecule has 142 valence electrons. The third-order valence-corrected chi connectivity index (χ3v) is 5.23. The maximum Gasteiger partial charge on any atom is 0.230 e. The number of carbonyl (C=O) groups is 1. The predicted molar refractivity (Wildman–Crippen MR) is 105 cm³/mol. The van der Waals surface area contributed by atoms with Crippen LogP contribution in [-0.4, -0.2) is 20.9 Å². The number of hydrogen-bond donors (Lipinski definition) is 2. The molecule has 4 aromatic rings. The lowest BCUT2D eigenvalue weighted by Gasteiger charge is -2.03. The summed E-state index contributed by atoms with van der Waals surface area (Å²) in [4.78, 5) is 23.9. The van der Waals surface area contributed by atoms with E-state index in [1.54, 1.807) is 29.5 Å². The zero-order chi connectivity index (χ0) is 19.7. The summed E-state index contributed by atoms with van der Waals surface area (Å²) in [5.41, 5.74) is 2.57. The van der Waals surface area contributed by atoms with Gasteiger partial charge in [0.2, 0.25) is 5.91 Å². The Hall–Kier alpha value is -3.13. The molecule has 1 amide bonds. The number of thiazole rings is 1. The first-order valence-corrected chi connectivity index (χ1v) is 9.58. The molecular weight excluding hydrogens is 382 g/mol. The summed E-state index contributed by atoms with van der Waals surface area (Å²) in [6, 6.07) is 8.34. The molecule has 0 aliphatic carbocycles. The van der Waals surface area contributed by atoms with Crippen LogP contribution in [0.15, 0.2) is 41.8 Å². The minimum absolute atomic E-state index is 0.0528. The van der Waals surface area contributed by atoms with E-state index < -0.39 is 11.6 Å². The first kappa shape index (κ1) is 18.2. The van der Waals surface area contributed by atoms with Gasteiger partial charge in [0.25, 0.3) is 0 Å². The Morgan fingerprint density at radius 2 is 2.04 bits per heavy atom. The lowest BCUT2D eigenvalue weighted by molar-refractivity contribution is -0.115. The molecule has 0 radical (unpaired) electrons. The second kappa shape index (κ2) is 7.47. The van der Waals surface area contributed by atoms with E-state index in [9.17, 15) is 13.6 Å². The molecule has 2 aromatic carbocycles. The van der Waals surface area contributed by atoms with Crippen molar-refractivity contribution in [2.75, 3.05) is 5.32 Å². The fraction of sp³-hybridized carbons (Fsp3) is 0.150. The molecule has 0 aliphatic heterocycles. The Balaban J connectivity index is 1.54. The number of rotatable bonds is 5. The van der Waals surface area contributed by atoms with Crippen LogP contribution in [0.4, 0.5) is 14.5 Å². The van der Waals surface area contributed by atoms with Gasteiger partial charge in [-0.2, -0.15) is 0 Å². The van der Waals surface area contributed by atoms with Crippen LogP contribution in [-0.2, 0) is 17.6 Å². The third-order valence-electron chi connectivity index (χ3n) is 4.19. The van der Waals surface area contributed by atoms with Gasteiger partial charge >= 0.3 is 0 Å². The van der Waals surface area contributed by atoms with Crippen LogP contribution in [0.1, 0.15) is 17.6 Å². The average Bonchev–Trinajstić information content (AvgIpc) is 3.29. The number of halogens is 2. The van der Waals surface area contributed by atoms with Crippen molar-refractivity contribution in [1.29, 1.82) is 0 Å². The highest BCUT2D eigenvalue weighted by atomic mass is 32.1. The van der Waals surface area contributed by atoms with E-state index in [2.05, 4.69) is 20.3 Å².